The Kier molecular flexibility index (Phi) is 2.72. The van der Waals surface area contributed by atoms with E-state index in [9.17, 15) is 8.42 Å². The van der Waals surface area contributed by atoms with Crippen molar-refractivity contribution >= 4 is 15.8 Å². The molecule has 0 saturated heterocycles. The molecule has 0 unspecified atom stereocenters. The van der Waals surface area contributed by atoms with Gasteiger partial charge in [-0.25, -0.2) is 13.4 Å². The van der Waals surface area contributed by atoms with Crippen LogP contribution in [0.5, 0.6) is 5.75 Å². The molecule has 6 heteroatoms. The Hall–Kier alpha value is -1.30. The molecule has 0 aromatic carbocycles. The van der Waals surface area contributed by atoms with Gasteiger partial charge in [0.1, 0.15) is 11.6 Å². The van der Waals surface area contributed by atoms with E-state index in [1.807, 2.05) is 0 Å². The molecule has 1 aromatic rings. The minimum atomic E-state index is -3.27. The molecule has 1 aromatic heterocycles. The molecule has 0 spiro atoms. The number of ether oxygens (including phenoxy) is 1. The molecule has 0 amide bonds. The largest absolute Gasteiger partial charge is 0.497 e. The van der Waals surface area contributed by atoms with E-state index in [4.69, 9.17) is 4.74 Å². The summed E-state index contributed by atoms with van der Waals surface area (Å²) in [7, 11) is -1.77. The molecule has 13 heavy (non-hydrogen) atoms. The zero-order valence-electron chi connectivity index (χ0n) is 7.31. The molecule has 72 valence electrons. The van der Waals surface area contributed by atoms with Crippen LogP contribution in [0, 0.1) is 0 Å². The summed E-state index contributed by atoms with van der Waals surface area (Å²) in [6.45, 7) is 0. The van der Waals surface area contributed by atoms with Crippen LogP contribution in [-0.2, 0) is 10.0 Å². The van der Waals surface area contributed by atoms with Gasteiger partial charge in [-0.1, -0.05) is 0 Å². The first kappa shape index (κ1) is 9.79. The van der Waals surface area contributed by atoms with E-state index in [-0.39, 0.29) is 5.82 Å². The van der Waals surface area contributed by atoms with E-state index < -0.39 is 10.0 Å². The first-order chi connectivity index (χ1) is 6.01. The van der Waals surface area contributed by atoms with E-state index in [1.165, 1.54) is 19.4 Å². The van der Waals surface area contributed by atoms with Crippen molar-refractivity contribution in [2.75, 3.05) is 18.1 Å². The number of pyridine rings is 1. The van der Waals surface area contributed by atoms with Gasteiger partial charge in [-0.2, -0.15) is 0 Å². The molecule has 0 atom stereocenters. The highest BCUT2D eigenvalue weighted by Crippen LogP contribution is 2.13. The lowest BCUT2D eigenvalue weighted by Gasteiger charge is -2.03. The highest BCUT2D eigenvalue weighted by Gasteiger charge is 2.03. The Bertz CT molecular complexity index is 388. The summed E-state index contributed by atoms with van der Waals surface area (Å²) >= 11 is 0. The molecule has 0 aliphatic rings. The van der Waals surface area contributed by atoms with E-state index >= 15 is 0 Å². The molecule has 0 bridgehead atoms. The highest BCUT2D eigenvalue weighted by atomic mass is 32.2. The summed E-state index contributed by atoms with van der Waals surface area (Å²) in [5.74, 6) is 0.808. The van der Waals surface area contributed by atoms with Gasteiger partial charge in [0.05, 0.1) is 13.4 Å². The number of nitrogens with one attached hydrogen (secondary N) is 1. The molecule has 0 saturated carbocycles. The van der Waals surface area contributed by atoms with Gasteiger partial charge in [0.15, 0.2) is 0 Å². The third kappa shape index (κ3) is 3.29. The normalized spacial score (nSPS) is 10.9. The van der Waals surface area contributed by atoms with Gasteiger partial charge >= 0.3 is 0 Å². The maximum absolute atomic E-state index is 10.8. The van der Waals surface area contributed by atoms with Crippen molar-refractivity contribution in [3.63, 3.8) is 0 Å². The highest BCUT2D eigenvalue weighted by molar-refractivity contribution is 7.92. The Morgan fingerprint density at radius 1 is 1.54 bits per heavy atom. The van der Waals surface area contributed by atoms with Crippen molar-refractivity contribution in [2.24, 2.45) is 0 Å². The summed E-state index contributed by atoms with van der Waals surface area (Å²) in [5, 5.41) is 0. The van der Waals surface area contributed by atoms with Crippen LogP contribution >= 0.6 is 0 Å². The third-order valence-corrected chi connectivity index (χ3v) is 1.84. The van der Waals surface area contributed by atoms with Crippen LogP contribution in [-0.4, -0.2) is 26.8 Å². The lowest BCUT2D eigenvalue weighted by atomic mass is 10.4. The second-order valence-electron chi connectivity index (χ2n) is 2.46. The molecule has 1 heterocycles. The summed E-state index contributed by atoms with van der Waals surface area (Å²) in [6.07, 6.45) is 2.53. The van der Waals surface area contributed by atoms with Crippen LogP contribution in [0.4, 0.5) is 5.82 Å². The van der Waals surface area contributed by atoms with Gasteiger partial charge in [-0.3, -0.25) is 4.72 Å². The average molecular weight is 202 g/mol. The van der Waals surface area contributed by atoms with Crippen molar-refractivity contribution in [1.29, 1.82) is 0 Å². The Morgan fingerprint density at radius 3 is 2.77 bits per heavy atom. The predicted molar refractivity (Wildman–Crippen MR) is 49.3 cm³/mol. The fourth-order valence-electron chi connectivity index (χ4n) is 0.784. The SMILES string of the molecule is COc1ccnc(NS(C)(=O)=O)c1. The van der Waals surface area contributed by atoms with Crippen LogP contribution in [0.1, 0.15) is 0 Å². The lowest BCUT2D eigenvalue weighted by molar-refractivity contribution is 0.414. The summed E-state index contributed by atoms with van der Waals surface area (Å²) < 4.78 is 28.7. The number of hydrogen-bond acceptors (Lipinski definition) is 4. The van der Waals surface area contributed by atoms with Gasteiger partial charge in [0.2, 0.25) is 10.0 Å². The fraction of sp³-hybridized carbons (Fsp3) is 0.286. The van der Waals surface area contributed by atoms with E-state index in [0.29, 0.717) is 5.75 Å². The van der Waals surface area contributed by atoms with Crippen molar-refractivity contribution in [3.8, 4) is 5.75 Å². The number of aromatic nitrogens is 1. The molecule has 0 aliphatic heterocycles. The minimum absolute atomic E-state index is 0.252. The van der Waals surface area contributed by atoms with Gasteiger partial charge in [0.25, 0.3) is 0 Å². The zero-order chi connectivity index (χ0) is 9.90. The average Bonchev–Trinajstić information content (AvgIpc) is 2.01. The number of methoxy groups -OCH3 is 1. The predicted octanol–water partition coefficient (Wildman–Crippen LogP) is 0.462. The second kappa shape index (κ2) is 3.61. The third-order valence-electron chi connectivity index (χ3n) is 1.26. The van der Waals surface area contributed by atoms with E-state index in [2.05, 4.69) is 9.71 Å². The van der Waals surface area contributed by atoms with Crippen LogP contribution in [0.15, 0.2) is 18.3 Å². The van der Waals surface area contributed by atoms with Gasteiger partial charge in [-0.15, -0.1) is 0 Å². The Labute approximate surface area is 76.8 Å². The Balaban J connectivity index is 2.90. The monoisotopic (exact) mass is 202 g/mol. The molecule has 0 fully saturated rings. The number of sulfonamides is 1. The first-order valence-corrected chi connectivity index (χ1v) is 5.38. The summed E-state index contributed by atoms with van der Waals surface area (Å²) in [4.78, 5) is 3.80. The van der Waals surface area contributed by atoms with Crippen LogP contribution < -0.4 is 9.46 Å². The molecule has 0 radical (unpaired) electrons. The van der Waals surface area contributed by atoms with Crippen LogP contribution in [0.3, 0.4) is 0 Å². The van der Waals surface area contributed by atoms with Crippen molar-refractivity contribution < 1.29 is 13.2 Å². The van der Waals surface area contributed by atoms with Gasteiger partial charge < -0.3 is 4.74 Å². The van der Waals surface area contributed by atoms with Crippen LogP contribution in [0.25, 0.3) is 0 Å². The molecular formula is C7H10N2O3S. The second-order valence-corrected chi connectivity index (χ2v) is 4.20. The van der Waals surface area contributed by atoms with Crippen molar-refractivity contribution in [3.05, 3.63) is 18.3 Å². The standard InChI is InChI=1S/C7H10N2O3S/c1-12-6-3-4-8-7(5-6)9-13(2,10)11/h3-5H,1-2H3,(H,8,9). The van der Waals surface area contributed by atoms with E-state index in [0.717, 1.165) is 6.26 Å². The summed E-state index contributed by atoms with van der Waals surface area (Å²) in [5.41, 5.74) is 0. The summed E-state index contributed by atoms with van der Waals surface area (Å²) in [6, 6.07) is 3.13. The molecule has 1 rings (SSSR count). The van der Waals surface area contributed by atoms with Crippen LogP contribution in [0.2, 0.25) is 0 Å². The zero-order valence-corrected chi connectivity index (χ0v) is 8.13. The molecule has 5 nitrogen and oxygen atoms in total. The molecule has 1 N–H and O–H groups in total. The lowest BCUT2D eigenvalue weighted by Crippen LogP contribution is -2.10. The quantitative estimate of drug-likeness (QED) is 0.773. The maximum atomic E-state index is 10.8. The smallest absolute Gasteiger partial charge is 0.230 e. The van der Waals surface area contributed by atoms with Crippen molar-refractivity contribution in [1.82, 2.24) is 4.98 Å². The molecule has 0 aliphatic carbocycles. The minimum Gasteiger partial charge on any atom is -0.497 e. The van der Waals surface area contributed by atoms with E-state index in [1.54, 1.807) is 6.07 Å². The van der Waals surface area contributed by atoms with Gasteiger partial charge in [0, 0.05) is 12.3 Å². The fourth-order valence-corrected chi connectivity index (χ4v) is 1.28. The maximum Gasteiger partial charge on any atom is 0.230 e. The first-order valence-electron chi connectivity index (χ1n) is 3.49. The topological polar surface area (TPSA) is 68.3 Å². The molecular weight excluding hydrogens is 192 g/mol. The number of hydrogen-bond donors (Lipinski definition) is 1. The Morgan fingerprint density at radius 2 is 2.23 bits per heavy atom. The van der Waals surface area contributed by atoms with Gasteiger partial charge in [-0.05, 0) is 6.07 Å². The number of anilines is 1. The number of rotatable bonds is 3. The number of nitrogens with zero attached hydrogens (tertiary/aromatic N) is 1. The van der Waals surface area contributed by atoms with Crippen molar-refractivity contribution in [2.45, 2.75) is 0 Å².